The Morgan fingerprint density at radius 2 is 2.17 bits per heavy atom. The van der Waals surface area contributed by atoms with Crippen molar-refractivity contribution in [1.82, 2.24) is 15.6 Å². The molecule has 1 atom stereocenters. The Morgan fingerprint density at radius 3 is 2.97 bits per heavy atom. The van der Waals surface area contributed by atoms with Crippen molar-refractivity contribution < 1.29 is 4.79 Å². The van der Waals surface area contributed by atoms with Crippen LogP contribution in [-0.4, -0.2) is 37.1 Å². The summed E-state index contributed by atoms with van der Waals surface area (Å²) in [4.78, 5) is 21.0. The molecule has 2 N–H and O–H groups in total. The van der Waals surface area contributed by atoms with Crippen molar-refractivity contribution in [1.29, 1.82) is 0 Å². The van der Waals surface area contributed by atoms with Crippen LogP contribution in [0.25, 0.3) is 20.8 Å². The molecule has 0 aliphatic carbocycles. The zero-order valence-corrected chi connectivity index (χ0v) is 18.9. The normalized spacial score (nSPS) is 14.7. The van der Waals surface area contributed by atoms with Gasteiger partial charge in [-0.1, -0.05) is 19.1 Å². The number of hydrogen-bond donors (Lipinski definition) is 2. The molecule has 1 aliphatic rings. The number of rotatable bonds is 7. The van der Waals surface area contributed by atoms with Gasteiger partial charge in [0.1, 0.15) is 10.0 Å². The van der Waals surface area contributed by atoms with E-state index in [1.54, 1.807) is 22.7 Å². The Bertz CT molecular complexity index is 977. The summed E-state index contributed by atoms with van der Waals surface area (Å²) in [6.07, 6.45) is 2.55. The summed E-state index contributed by atoms with van der Waals surface area (Å²) in [6.45, 7) is 6.86. The summed E-state index contributed by atoms with van der Waals surface area (Å²) in [5.74, 6) is 0.148. The smallest absolute Gasteiger partial charge is 0.228 e. The number of thiazole rings is 1. The number of aromatic nitrogens is 1. The minimum absolute atomic E-state index is 0.148. The first-order chi connectivity index (χ1) is 14.1. The molecule has 5 nitrogen and oxygen atoms in total. The molecule has 3 heterocycles. The van der Waals surface area contributed by atoms with Crippen LogP contribution in [0.3, 0.4) is 0 Å². The predicted octanol–water partition coefficient (Wildman–Crippen LogP) is 4.41. The maximum atomic E-state index is 12.9. The second kappa shape index (κ2) is 8.92. The third-order valence-electron chi connectivity index (χ3n) is 5.54. The Balaban J connectivity index is 1.66. The molecule has 0 fully saturated rings. The summed E-state index contributed by atoms with van der Waals surface area (Å²) in [5, 5.41) is 8.94. The van der Waals surface area contributed by atoms with Crippen LogP contribution in [0.2, 0.25) is 0 Å². The quantitative estimate of drug-likeness (QED) is 0.585. The first-order valence-corrected chi connectivity index (χ1v) is 11.9. The van der Waals surface area contributed by atoms with E-state index in [1.165, 1.54) is 20.7 Å². The minimum atomic E-state index is 0.148. The maximum absolute atomic E-state index is 12.9. The van der Waals surface area contributed by atoms with E-state index in [-0.39, 0.29) is 5.91 Å². The average molecular weight is 429 g/mol. The highest BCUT2D eigenvalue weighted by Crippen LogP contribution is 2.46. The summed E-state index contributed by atoms with van der Waals surface area (Å²) >= 11 is 3.46. The van der Waals surface area contributed by atoms with Gasteiger partial charge in [0.15, 0.2) is 0 Å². The molecule has 2 aromatic heterocycles. The topological polar surface area (TPSA) is 57.3 Å². The van der Waals surface area contributed by atoms with Gasteiger partial charge in [-0.25, -0.2) is 4.98 Å². The molecule has 1 unspecified atom stereocenters. The fourth-order valence-corrected chi connectivity index (χ4v) is 6.01. The van der Waals surface area contributed by atoms with Crippen molar-refractivity contribution >= 4 is 43.8 Å². The van der Waals surface area contributed by atoms with Gasteiger partial charge in [-0.2, -0.15) is 0 Å². The van der Waals surface area contributed by atoms with Crippen molar-refractivity contribution in [2.75, 3.05) is 25.0 Å². The van der Waals surface area contributed by atoms with Gasteiger partial charge < -0.3 is 15.5 Å². The number of nitrogens with one attached hydrogen (secondary N) is 2. The molecular formula is C22H28N4OS2. The molecule has 0 saturated heterocycles. The van der Waals surface area contributed by atoms with Crippen molar-refractivity contribution in [3.05, 3.63) is 34.7 Å². The van der Waals surface area contributed by atoms with Crippen molar-refractivity contribution in [3.8, 4) is 10.6 Å². The third-order valence-corrected chi connectivity index (χ3v) is 7.90. The van der Waals surface area contributed by atoms with Crippen LogP contribution >= 0.6 is 22.7 Å². The average Bonchev–Trinajstić information content (AvgIpc) is 3.33. The lowest BCUT2D eigenvalue weighted by molar-refractivity contribution is -0.118. The van der Waals surface area contributed by atoms with E-state index in [0.717, 1.165) is 41.5 Å². The highest BCUT2D eigenvalue weighted by Gasteiger charge is 2.27. The SMILES string of the molecule is CCC(C)NCCC(=O)N(C)c1sc2c(c1-c1nc3ccccc3s1)CCNC2. The standard InChI is InChI=1S/C22H28N4OS2/c1-4-14(2)24-12-10-19(27)26(3)22-20(15-9-11-23-13-18(15)29-22)21-25-16-7-5-6-8-17(16)28-21/h5-8,14,23-24H,4,9-13H2,1-3H3. The van der Waals surface area contributed by atoms with Gasteiger partial charge in [0.05, 0.1) is 10.2 Å². The van der Waals surface area contributed by atoms with Gasteiger partial charge in [-0.15, -0.1) is 22.7 Å². The molecule has 0 spiro atoms. The molecule has 4 rings (SSSR count). The molecule has 7 heteroatoms. The van der Waals surface area contributed by atoms with Crippen molar-refractivity contribution in [2.24, 2.45) is 0 Å². The first-order valence-electron chi connectivity index (χ1n) is 10.3. The number of carbonyl (C=O) groups excluding carboxylic acids is 1. The molecule has 3 aromatic rings. The van der Waals surface area contributed by atoms with Crippen LogP contribution in [0.1, 0.15) is 37.1 Å². The highest BCUT2D eigenvalue weighted by molar-refractivity contribution is 7.23. The Labute approximate surface area is 180 Å². The lowest BCUT2D eigenvalue weighted by atomic mass is 10.0. The predicted molar refractivity (Wildman–Crippen MR) is 124 cm³/mol. The van der Waals surface area contributed by atoms with Crippen molar-refractivity contribution in [3.63, 3.8) is 0 Å². The number of hydrogen-bond acceptors (Lipinski definition) is 6. The van der Waals surface area contributed by atoms with E-state index >= 15 is 0 Å². The van der Waals surface area contributed by atoms with E-state index in [9.17, 15) is 4.79 Å². The summed E-state index contributed by atoms with van der Waals surface area (Å²) in [5.41, 5.74) is 3.55. The number of fused-ring (bicyclic) bond motifs is 2. The number of anilines is 1. The van der Waals surface area contributed by atoms with Crippen LogP contribution in [0.4, 0.5) is 5.00 Å². The van der Waals surface area contributed by atoms with E-state index in [2.05, 4.69) is 42.7 Å². The highest BCUT2D eigenvalue weighted by atomic mass is 32.1. The van der Waals surface area contributed by atoms with Crippen LogP contribution in [0.15, 0.2) is 24.3 Å². The maximum Gasteiger partial charge on any atom is 0.228 e. The Hall–Kier alpha value is -1.80. The fourth-order valence-electron chi connectivity index (χ4n) is 3.61. The number of carbonyl (C=O) groups is 1. The van der Waals surface area contributed by atoms with Gasteiger partial charge in [-0.3, -0.25) is 4.79 Å². The van der Waals surface area contributed by atoms with Crippen LogP contribution in [0.5, 0.6) is 0 Å². The first kappa shape index (κ1) is 20.5. The molecular weight excluding hydrogens is 400 g/mol. The zero-order chi connectivity index (χ0) is 20.4. The zero-order valence-electron chi connectivity index (χ0n) is 17.2. The molecule has 0 bridgehead atoms. The fraction of sp³-hybridized carbons (Fsp3) is 0.455. The van der Waals surface area contributed by atoms with Gasteiger partial charge in [0, 0.05) is 43.0 Å². The van der Waals surface area contributed by atoms with Crippen LogP contribution < -0.4 is 15.5 Å². The number of thiophene rings is 1. The summed E-state index contributed by atoms with van der Waals surface area (Å²) < 4.78 is 1.19. The molecule has 1 aromatic carbocycles. The number of nitrogens with zero attached hydrogens (tertiary/aromatic N) is 2. The lowest BCUT2D eigenvalue weighted by Crippen LogP contribution is -2.32. The Morgan fingerprint density at radius 1 is 1.34 bits per heavy atom. The van der Waals surface area contributed by atoms with E-state index in [4.69, 9.17) is 4.98 Å². The molecule has 1 amide bonds. The minimum Gasteiger partial charge on any atom is -0.314 e. The van der Waals surface area contributed by atoms with Crippen molar-refractivity contribution in [2.45, 2.75) is 45.7 Å². The van der Waals surface area contributed by atoms with Gasteiger partial charge in [0.2, 0.25) is 5.91 Å². The van der Waals surface area contributed by atoms with E-state index in [0.29, 0.717) is 19.0 Å². The second-order valence-electron chi connectivity index (χ2n) is 7.56. The second-order valence-corrected chi connectivity index (χ2v) is 9.68. The molecule has 1 aliphatic heterocycles. The number of para-hydroxylation sites is 1. The number of amides is 1. The van der Waals surface area contributed by atoms with Crippen LogP contribution in [-0.2, 0) is 17.8 Å². The largest absolute Gasteiger partial charge is 0.314 e. The molecule has 0 saturated carbocycles. The molecule has 29 heavy (non-hydrogen) atoms. The van der Waals surface area contributed by atoms with Gasteiger partial charge in [-0.05, 0) is 44.0 Å². The lowest BCUT2D eigenvalue weighted by Gasteiger charge is -2.18. The number of benzene rings is 1. The molecule has 154 valence electrons. The monoisotopic (exact) mass is 428 g/mol. The van der Waals surface area contributed by atoms with Crippen LogP contribution in [0, 0.1) is 0 Å². The summed E-state index contributed by atoms with van der Waals surface area (Å²) in [7, 11) is 1.91. The third kappa shape index (κ3) is 4.23. The van der Waals surface area contributed by atoms with E-state index in [1.807, 2.05) is 18.0 Å². The Kier molecular flexibility index (Phi) is 6.29. The molecule has 0 radical (unpaired) electrons. The van der Waals surface area contributed by atoms with E-state index < -0.39 is 0 Å². The summed E-state index contributed by atoms with van der Waals surface area (Å²) in [6, 6.07) is 8.70. The van der Waals surface area contributed by atoms with Gasteiger partial charge in [0.25, 0.3) is 0 Å². The van der Waals surface area contributed by atoms with Gasteiger partial charge >= 0.3 is 0 Å².